The summed E-state index contributed by atoms with van der Waals surface area (Å²) in [7, 11) is 0. The molecule has 8 rings (SSSR count). The maximum absolute atomic E-state index is 13.7. The molecule has 0 radical (unpaired) electrons. The van der Waals surface area contributed by atoms with Crippen LogP contribution in [0.3, 0.4) is 0 Å². The number of nitrogens with zero attached hydrogens (tertiary/aromatic N) is 2. The lowest BCUT2D eigenvalue weighted by atomic mass is 9.53. The molecule has 1 saturated carbocycles. The van der Waals surface area contributed by atoms with Crippen LogP contribution in [0.5, 0.6) is 0 Å². The van der Waals surface area contributed by atoms with Crippen molar-refractivity contribution >= 4 is 29.0 Å². The average molecular weight is 523 g/mol. The zero-order valence-electron chi connectivity index (χ0n) is 19.9. The molecule has 0 N–H and O–H groups in total. The van der Waals surface area contributed by atoms with E-state index in [9.17, 15) is 9.59 Å². The molecular weight excluding hydrogens is 495 g/mol. The molecule has 36 heavy (non-hydrogen) atoms. The minimum absolute atomic E-state index is 0. The van der Waals surface area contributed by atoms with E-state index in [1.165, 1.54) is 11.1 Å². The van der Waals surface area contributed by atoms with E-state index in [-0.39, 0.29) is 41.7 Å². The Morgan fingerprint density at radius 3 is 2.81 bits per heavy atom. The molecule has 3 saturated heterocycles. The Morgan fingerprint density at radius 1 is 1.17 bits per heavy atom. The zero-order valence-corrected chi connectivity index (χ0v) is 21.4. The number of piperidine rings is 2. The standard InChI is InChI=1S/C29H28ClN2O3.ClH/c30-19-7-5-17(6-8-19)23(33)16-32-11-10-29-21-3-1-2-4-22(21)31-26(34)14-24-27(28(29)31)20(13-25(29)32)18(15-32)9-12-35-24;/h1-9,20,24-25,27-28H,10-16H2;1H/q+1;/p-1/t20-,24-,25?,27?,28?,29+,32?;/m0./s1. The summed E-state index contributed by atoms with van der Waals surface area (Å²) < 4.78 is 7.18. The molecule has 2 aromatic carbocycles. The summed E-state index contributed by atoms with van der Waals surface area (Å²) >= 11 is 6.10. The molecule has 186 valence electrons. The van der Waals surface area contributed by atoms with Crippen molar-refractivity contribution in [1.29, 1.82) is 0 Å². The van der Waals surface area contributed by atoms with Gasteiger partial charge >= 0.3 is 0 Å². The van der Waals surface area contributed by atoms with E-state index in [2.05, 4.69) is 35.2 Å². The topological polar surface area (TPSA) is 46.6 Å². The molecule has 5 nitrogen and oxygen atoms in total. The van der Waals surface area contributed by atoms with Crippen molar-refractivity contribution in [1.82, 2.24) is 0 Å². The van der Waals surface area contributed by atoms with E-state index in [0.29, 0.717) is 42.5 Å². The minimum Gasteiger partial charge on any atom is -1.00 e. The van der Waals surface area contributed by atoms with Crippen molar-refractivity contribution in [3.63, 3.8) is 0 Å². The smallest absolute Gasteiger partial charge is 0.229 e. The molecule has 0 aromatic heterocycles. The van der Waals surface area contributed by atoms with Gasteiger partial charge in [-0.25, -0.2) is 0 Å². The molecule has 2 aromatic rings. The van der Waals surface area contributed by atoms with Crippen molar-refractivity contribution < 1.29 is 31.2 Å². The molecule has 7 atom stereocenters. The predicted molar refractivity (Wildman–Crippen MR) is 132 cm³/mol. The number of amides is 1. The van der Waals surface area contributed by atoms with Gasteiger partial charge in [0, 0.05) is 35.0 Å². The number of carbonyl (C=O) groups is 2. The first-order valence-corrected chi connectivity index (χ1v) is 13.3. The number of rotatable bonds is 3. The monoisotopic (exact) mass is 522 g/mol. The van der Waals surface area contributed by atoms with Crippen LogP contribution in [-0.4, -0.2) is 60.6 Å². The fraction of sp³-hybridized carbons (Fsp3) is 0.448. The van der Waals surface area contributed by atoms with E-state index in [4.69, 9.17) is 16.3 Å². The van der Waals surface area contributed by atoms with Gasteiger partial charge in [0.15, 0.2) is 0 Å². The molecule has 4 fully saturated rings. The number of anilines is 1. The maximum Gasteiger partial charge on any atom is 0.229 e. The highest BCUT2D eigenvalue weighted by Crippen LogP contribution is 2.67. The van der Waals surface area contributed by atoms with Crippen LogP contribution in [0.1, 0.15) is 35.2 Å². The number of hydrogen-bond acceptors (Lipinski definition) is 3. The van der Waals surface area contributed by atoms with Gasteiger partial charge < -0.3 is 26.5 Å². The second-order valence-electron chi connectivity index (χ2n) is 11.5. The second kappa shape index (κ2) is 7.67. The number of Topliss-reactive ketones (excluding diaryl/α,β-unsaturated/α-hetero) is 1. The molecule has 1 aliphatic carbocycles. The number of ketones is 1. The molecule has 5 heterocycles. The van der Waals surface area contributed by atoms with Gasteiger partial charge in [-0.2, -0.15) is 0 Å². The number of para-hydroxylation sites is 1. The van der Waals surface area contributed by atoms with Gasteiger partial charge in [-0.05, 0) is 47.4 Å². The van der Waals surface area contributed by atoms with Gasteiger partial charge in [0.1, 0.15) is 19.1 Å². The van der Waals surface area contributed by atoms with Crippen molar-refractivity contribution in [3.05, 3.63) is 76.3 Å². The predicted octanol–water partition coefficient (Wildman–Crippen LogP) is 1.15. The Morgan fingerprint density at radius 2 is 1.97 bits per heavy atom. The van der Waals surface area contributed by atoms with Crippen LogP contribution in [0.25, 0.3) is 0 Å². The fourth-order valence-electron chi connectivity index (χ4n) is 9.21. The number of benzene rings is 2. The van der Waals surface area contributed by atoms with Gasteiger partial charge in [-0.15, -0.1) is 0 Å². The van der Waals surface area contributed by atoms with Crippen molar-refractivity contribution in [2.24, 2.45) is 11.8 Å². The van der Waals surface area contributed by atoms with Crippen LogP contribution in [-0.2, 0) is 14.9 Å². The quantitative estimate of drug-likeness (QED) is 0.345. The highest BCUT2D eigenvalue weighted by Gasteiger charge is 2.76. The minimum atomic E-state index is -0.106. The number of fused-ring (bicyclic) bond motifs is 2. The van der Waals surface area contributed by atoms with Gasteiger partial charge in [-0.3, -0.25) is 9.59 Å². The highest BCUT2D eigenvalue weighted by atomic mass is 35.5. The van der Waals surface area contributed by atoms with Crippen LogP contribution in [0.4, 0.5) is 5.69 Å². The van der Waals surface area contributed by atoms with E-state index in [0.717, 1.165) is 41.7 Å². The van der Waals surface area contributed by atoms with E-state index in [1.807, 2.05) is 24.3 Å². The molecule has 2 bridgehead atoms. The summed E-state index contributed by atoms with van der Waals surface area (Å²) in [5, 5.41) is 0.649. The first-order valence-electron chi connectivity index (χ1n) is 12.9. The Balaban J connectivity index is 0.00000220. The Labute approximate surface area is 222 Å². The molecule has 1 amide bonds. The third-order valence-corrected chi connectivity index (χ3v) is 10.6. The SMILES string of the molecule is O=C(C[N+]12CC[C@@]34c5ccccc5N5C(=O)C[C@@H]6OCC=C(C1)[C@H](CC32)C6C54)c1ccc(Cl)cc1.[Cl-]. The van der Waals surface area contributed by atoms with Crippen LogP contribution in [0.2, 0.25) is 5.02 Å². The normalized spacial score (nSPS) is 38.6. The lowest BCUT2D eigenvalue weighted by molar-refractivity contribution is -0.935. The summed E-state index contributed by atoms with van der Waals surface area (Å²) in [6.07, 6.45) is 4.85. The third-order valence-electron chi connectivity index (χ3n) is 10.3. The van der Waals surface area contributed by atoms with Crippen LogP contribution in [0.15, 0.2) is 60.2 Å². The number of carbonyl (C=O) groups excluding carboxylic acids is 2. The summed E-state index contributed by atoms with van der Waals surface area (Å²) in [6.45, 7) is 2.96. The van der Waals surface area contributed by atoms with Crippen LogP contribution in [0, 0.1) is 11.8 Å². The van der Waals surface area contributed by atoms with Crippen molar-refractivity contribution in [3.8, 4) is 0 Å². The number of hydrogen-bond donors (Lipinski definition) is 0. The van der Waals surface area contributed by atoms with Gasteiger partial charge in [0.25, 0.3) is 0 Å². The third kappa shape index (κ3) is 2.70. The molecule has 1 spiro atoms. The second-order valence-corrected chi connectivity index (χ2v) is 11.9. The molecule has 4 unspecified atom stereocenters. The average Bonchev–Trinajstić information content (AvgIpc) is 3.29. The van der Waals surface area contributed by atoms with Gasteiger partial charge in [0.2, 0.25) is 11.7 Å². The Bertz CT molecular complexity index is 1330. The molecule has 6 aliphatic rings. The summed E-state index contributed by atoms with van der Waals surface area (Å²) in [6, 6.07) is 16.4. The molecular formula is C29H28Cl2N2O3. The van der Waals surface area contributed by atoms with E-state index in [1.54, 1.807) is 0 Å². The van der Waals surface area contributed by atoms with E-state index >= 15 is 0 Å². The first kappa shape index (κ1) is 23.0. The van der Waals surface area contributed by atoms with Gasteiger partial charge in [0.05, 0.1) is 37.1 Å². The number of ether oxygens (including phenoxy) is 1. The Hall–Kier alpha value is -2.18. The first-order chi connectivity index (χ1) is 17.0. The highest BCUT2D eigenvalue weighted by molar-refractivity contribution is 6.30. The van der Waals surface area contributed by atoms with Crippen LogP contribution >= 0.6 is 11.6 Å². The lowest BCUT2D eigenvalue weighted by Gasteiger charge is -2.60. The molecule has 5 aliphatic heterocycles. The van der Waals surface area contributed by atoms with Crippen molar-refractivity contribution in [2.45, 2.75) is 42.9 Å². The number of quaternary nitrogens is 1. The Kier molecular flexibility index (Phi) is 4.90. The maximum atomic E-state index is 13.7. The zero-order chi connectivity index (χ0) is 23.5. The summed E-state index contributed by atoms with van der Waals surface area (Å²) in [5.74, 6) is 1.15. The van der Waals surface area contributed by atoms with Crippen LogP contribution < -0.4 is 17.3 Å². The van der Waals surface area contributed by atoms with Crippen molar-refractivity contribution in [2.75, 3.05) is 31.1 Å². The molecule has 7 heteroatoms. The number of halogens is 2. The summed E-state index contributed by atoms with van der Waals surface area (Å²) in [4.78, 5) is 29.4. The lowest BCUT2D eigenvalue weighted by Crippen LogP contribution is -3.00. The largest absolute Gasteiger partial charge is 1.00 e. The van der Waals surface area contributed by atoms with Gasteiger partial charge in [-0.1, -0.05) is 35.9 Å². The fourth-order valence-corrected chi connectivity index (χ4v) is 9.34. The summed E-state index contributed by atoms with van der Waals surface area (Å²) in [5.41, 5.74) is 4.52. The van der Waals surface area contributed by atoms with E-state index < -0.39 is 0 Å².